The van der Waals surface area contributed by atoms with Gasteiger partial charge in [-0.3, -0.25) is 4.79 Å². The third-order valence-corrected chi connectivity index (χ3v) is 13.2. The number of carbonyl (C=O) groups is 1. The number of allylic oxidation sites excluding steroid dienone is 1. The predicted molar refractivity (Wildman–Crippen MR) is 139 cm³/mol. The fourth-order valence-electron chi connectivity index (χ4n) is 8.27. The monoisotopic (exact) mass is 467 g/mol. The quantitative estimate of drug-likeness (QED) is 0.447. The van der Waals surface area contributed by atoms with E-state index in [2.05, 4.69) is 79.8 Å². The maximum absolute atomic E-state index is 13.2. The first-order chi connectivity index (χ1) is 15.4. The average molecular weight is 468 g/mol. The van der Waals surface area contributed by atoms with Gasteiger partial charge in [0, 0.05) is 43.1 Å². The highest BCUT2D eigenvalue weighted by molar-refractivity contribution is 8.21. The van der Waals surface area contributed by atoms with Gasteiger partial charge in [0.2, 0.25) is 0 Å². The minimum atomic E-state index is -0.0969. The van der Waals surface area contributed by atoms with Crippen molar-refractivity contribution >= 4 is 35.0 Å². The highest BCUT2D eigenvalue weighted by Gasteiger charge is 2.60. The van der Waals surface area contributed by atoms with Crippen molar-refractivity contribution in [2.24, 2.45) is 29.1 Å². The molecule has 32 heavy (non-hydrogen) atoms. The molecular weight excluding hydrogens is 430 g/mol. The van der Waals surface area contributed by atoms with E-state index in [0.717, 1.165) is 37.0 Å². The number of hydrogen-bond acceptors (Lipinski definition) is 4. The number of anilines is 1. The molecule has 0 N–H and O–H groups in total. The molecule has 0 amide bonds. The van der Waals surface area contributed by atoms with E-state index in [1.165, 1.54) is 48.4 Å². The van der Waals surface area contributed by atoms with Gasteiger partial charge in [-0.25, -0.2) is 0 Å². The average Bonchev–Trinajstić information content (AvgIpc) is 3.37. The molecule has 1 aromatic carbocycles. The van der Waals surface area contributed by atoms with Gasteiger partial charge >= 0.3 is 0 Å². The van der Waals surface area contributed by atoms with E-state index in [0.29, 0.717) is 21.7 Å². The van der Waals surface area contributed by atoms with E-state index in [1.54, 1.807) is 5.57 Å². The van der Waals surface area contributed by atoms with E-state index in [-0.39, 0.29) is 5.41 Å². The van der Waals surface area contributed by atoms with Crippen LogP contribution in [0.3, 0.4) is 0 Å². The van der Waals surface area contributed by atoms with Crippen LogP contribution in [-0.2, 0) is 4.79 Å². The number of hydrogen-bond donors (Lipinski definition) is 0. The van der Waals surface area contributed by atoms with Gasteiger partial charge in [-0.05, 0) is 85.8 Å². The van der Waals surface area contributed by atoms with Crippen LogP contribution >= 0.6 is 23.5 Å². The lowest BCUT2D eigenvalue weighted by molar-refractivity contribution is -0.132. The lowest BCUT2D eigenvalue weighted by atomic mass is 9.48. The summed E-state index contributed by atoms with van der Waals surface area (Å²) in [4.78, 5) is 15.3. The Kier molecular flexibility index (Phi) is 5.30. The summed E-state index contributed by atoms with van der Waals surface area (Å²) in [5, 5.41) is 0. The number of benzene rings is 1. The number of ketones is 1. The van der Waals surface area contributed by atoms with Gasteiger partial charge < -0.3 is 4.90 Å². The fraction of sp³-hybridized carbons (Fsp3) is 0.679. The standard InChI is InChI=1S/C28H37NOS2/c1-27-17-23(18-4-7-20(8-5-18)29(2)3)26-21-12-13-28(31-14-15-32-28)16-19(21)6-9-22(26)24(27)10-11-25(27)30/h4-5,7-8,16,21-24,26H,6,9-15,17H2,1-3H3/t21-,22-,23+,24-,26+,27-/m0/s1. The first-order valence-electron chi connectivity index (χ1n) is 12.7. The lowest BCUT2D eigenvalue weighted by Gasteiger charge is -2.56. The van der Waals surface area contributed by atoms with Gasteiger partial charge in [0.15, 0.2) is 0 Å². The minimum absolute atomic E-state index is 0.0969. The summed E-state index contributed by atoms with van der Waals surface area (Å²) in [5.74, 6) is 6.50. The summed E-state index contributed by atoms with van der Waals surface area (Å²) in [6.07, 6.45) is 11.0. The van der Waals surface area contributed by atoms with Crippen molar-refractivity contribution in [1.82, 2.24) is 0 Å². The van der Waals surface area contributed by atoms with Crippen molar-refractivity contribution in [2.45, 2.75) is 61.9 Å². The van der Waals surface area contributed by atoms with Crippen molar-refractivity contribution < 1.29 is 4.79 Å². The second-order valence-electron chi connectivity index (χ2n) is 11.4. The Morgan fingerprint density at radius 2 is 1.72 bits per heavy atom. The first-order valence-corrected chi connectivity index (χ1v) is 14.7. The first kappa shape index (κ1) is 21.6. The number of Topliss-reactive ketones (excluding diaryl/α,β-unsaturated/α-hetero) is 1. The Morgan fingerprint density at radius 1 is 0.969 bits per heavy atom. The van der Waals surface area contributed by atoms with E-state index in [9.17, 15) is 4.79 Å². The van der Waals surface area contributed by atoms with Crippen LogP contribution in [0.2, 0.25) is 0 Å². The molecule has 0 unspecified atom stereocenters. The molecule has 6 atom stereocenters. The number of nitrogens with zero attached hydrogens (tertiary/aromatic N) is 1. The zero-order valence-electron chi connectivity index (χ0n) is 19.8. The van der Waals surface area contributed by atoms with Crippen molar-refractivity contribution in [3.8, 4) is 0 Å². The Bertz CT molecular complexity index is 931. The highest BCUT2D eigenvalue weighted by Crippen LogP contribution is 2.66. The van der Waals surface area contributed by atoms with Gasteiger partial charge in [-0.1, -0.05) is 30.7 Å². The van der Waals surface area contributed by atoms with E-state index >= 15 is 0 Å². The normalized spacial score (nSPS) is 39.9. The van der Waals surface area contributed by atoms with Gasteiger partial charge in [-0.15, -0.1) is 23.5 Å². The summed E-state index contributed by atoms with van der Waals surface area (Å²) >= 11 is 4.41. The van der Waals surface area contributed by atoms with Gasteiger partial charge in [0.05, 0.1) is 4.08 Å². The fourth-order valence-corrected chi connectivity index (χ4v) is 11.5. The Balaban J connectivity index is 1.40. The van der Waals surface area contributed by atoms with Crippen molar-refractivity contribution in [3.63, 3.8) is 0 Å². The van der Waals surface area contributed by atoms with Gasteiger partial charge in [0.25, 0.3) is 0 Å². The molecule has 5 aliphatic rings. The summed E-state index contributed by atoms with van der Waals surface area (Å²) in [6, 6.07) is 9.34. The molecule has 1 heterocycles. The van der Waals surface area contributed by atoms with Crippen molar-refractivity contribution in [2.75, 3.05) is 30.5 Å². The van der Waals surface area contributed by atoms with E-state index in [4.69, 9.17) is 0 Å². The molecule has 4 fully saturated rings. The van der Waals surface area contributed by atoms with Crippen LogP contribution in [0, 0.1) is 29.1 Å². The molecule has 0 radical (unpaired) electrons. The molecule has 4 heteroatoms. The molecule has 3 saturated carbocycles. The molecule has 4 aliphatic carbocycles. The number of carbonyl (C=O) groups excluding carboxylic acids is 1. The highest BCUT2D eigenvalue weighted by atomic mass is 32.2. The molecule has 0 bridgehead atoms. The second kappa shape index (κ2) is 7.83. The number of fused-ring (bicyclic) bond motifs is 5. The largest absolute Gasteiger partial charge is 0.378 e. The molecule has 2 nitrogen and oxygen atoms in total. The summed E-state index contributed by atoms with van der Waals surface area (Å²) in [6.45, 7) is 2.33. The second-order valence-corrected chi connectivity index (χ2v) is 14.5. The third-order valence-electron chi connectivity index (χ3n) is 9.79. The van der Waals surface area contributed by atoms with Gasteiger partial charge in [0.1, 0.15) is 5.78 Å². The molecular formula is C28H37NOS2. The molecule has 6 rings (SSSR count). The topological polar surface area (TPSA) is 20.3 Å². The summed E-state index contributed by atoms with van der Waals surface area (Å²) < 4.78 is 0.383. The van der Waals surface area contributed by atoms with Crippen LogP contribution in [0.15, 0.2) is 35.9 Å². The lowest BCUT2D eigenvalue weighted by Crippen LogP contribution is -2.50. The molecule has 1 aromatic rings. The molecule has 0 aromatic heterocycles. The Labute approximate surface area is 202 Å². The third kappa shape index (κ3) is 3.26. The SMILES string of the molecule is CN(C)c1ccc([C@H]2C[C@]3(C)C(=O)CC[C@H]3[C@@H]3CCC4=CC5(CC[C@@H]4[C@H]32)SCCS5)cc1. The van der Waals surface area contributed by atoms with E-state index in [1.807, 2.05) is 0 Å². The summed E-state index contributed by atoms with van der Waals surface area (Å²) in [5.41, 5.74) is 4.43. The molecule has 1 saturated heterocycles. The zero-order valence-corrected chi connectivity index (χ0v) is 21.4. The van der Waals surface area contributed by atoms with Gasteiger partial charge in [-0.2, -0.15) is 0 Å². The van der Waals surface area contributed by atoms with E-state index < -0.39 is 0 Å². The Hall–Kier alpha value is -0.870. The maximum Gasteiger partial charge on any atom is 0.139 e. The molecule has 1 spiro atoms. The van der Waals surface area contributed by atoms with Crippen LogP contribution in [0.5, 0.6) is 0 Å². The van der Waals surface area contributed by atoms with Crippen molar-refractivity contribution in [1.29, 1.82) is 0 Å². The summed E-state index contributed by atoms with van der Waals surface area (Å²) in [7, 11) is 4.23. The predicted octanol–water partition coefficient (Wildman–Crippen LogP) is 6.76. The molecule has 1 aliphatic heterocycles. The van der Waals surface area contributed by atoms with Crippen LogP contribution in [0.4, 0.5) is 5.69 Å². The smallest absolute Gasteiger partial charge is 0.139 e. The molecule has 172 valence electrons. The maximum atomic E-state index is 13.2. The number of rotatable bonds is 2. The minimum Gasteiger partial charge on any atom is -0.378 e. The van der Waals surface area contributed by atoms with Crippen molar-refractivity contribution in [3.05, 3.63) is 41.5 Å². The van der Waals surface area contributed by atoms with Crippen LogP contribution in [-0.4, -0.2) is 35.5 Å². The number of thioether (sulfide) groups is 2. The van der Waals surface area contributed by atoms with Crippen LogP contribution in [0.25, 0.3) is 0 Å². The van der Waals surface area contributed by atoms with Crippen LogP contribution < -0.4 is 4.90 Å². The Morgan fingerprint density at radius 3 is 2.44 bits per heavy atom. The van der Waals surface area contributed by atoms with Crippen LogP contribution in [0.1, 0.15) is 63.4 Å². The zero-order chi connectivity index (χ0) is 22.1.